The highest BCUT2D eigenvalue weighted by Crippen LogP contribution is 2.29. The van der Waals surface area contributed by atoms with Crippen LogP contribution < -0.4 is 11.0 Å². The topological polar surface area (TPSA) is 103 Å². The first-order valence-corrected chi connectivity index (χ1v) is 11.2. The van der Waals surface area contributed by atoms with Crippen molar-refractivity contribution in [3.8, 4) is 0 Å². The SMILES string of the molecule is COC(=O)c1ccc(NC(=O)CSc2nc(=O)n(Cc3cccnc3)c3c2CCC3)cc1. The molecule has 0 saturated heterocycles. The van der Waals surface area contributed by atoms with Gasteiger partial charge < -0.3 is 10.1 Å². The number of thioether (sulfide) groups is 1. The molecule has 1 amide bonds. The van der Waals surface area contributed by atoms with Gasteiger partial charge in [0.25, 0.3) is 0 Å². The fourth-order valence-electron chi connectivity index (χ4n) is 3.68. The van der Waals surface area contributed by atoms with E-state index in [1.165, 1.54) is 18.9 Å². The molecule has 0 unspecified atom stereocenters. The maximum absolute atomic E-state index is 12.7. The van der Waals surface area contributed by atoms with E-state index >= 15 is 0 Å². The highest BCUT2D eigenvalue weighted by atomic mass is 32.2. The number of nitrogens with one attached hydrogen (secondary N) is 1. The molecule has 0 aliphatic heterocycles. The Bertz CT molecular complexity index is 1190. The van der Waals surface area contributed by atoms with E-state index in [-0.39, 0.29) is 17.3 Å². The van der Waals surface area contributed by atoms with Crippen LogP contribution in [-0.2, 0) is 28.9 Å². The van der Waals surface area contributed by atoms with Crippen molar-refractivity contribution in [1.82, 2.24) is 14.5 Å². The molecule has 3 aromatic rings. The van der Waals surface area contributed by atoms with Gasteiger partial charge in [0.15, 0.2) is 0 Å². The summed E-state index contributed by atoms with van der Waals surface area (Å²) >= 11 is 1.27. The van der Waals surface area contributed by atoms with E-state index in [4.69, 9.17) is 0 Å². The van der Waals surface area contributed by atoms with E-state index < -0.39 is 5.97 Å². The zero-order valence-electron chi connectivity index (χ0n) is 17.5. The van der Waals surface area contributed by atoms with Gasteiger partial charge in [-0.2, -0.15) is 4.98 Å². The first-order valence-electron chi connectivity index (χ1n) is 10.2. The molecule has 164 valence electrons. The molecule has 0 atom stereocenters. The molecule has 1 aliphatic carbocycles. The first kappa shape index (κ1) is 21.8. The van der Waals surface area contributed by atoms with Gasteiger partial charge in [0.05, 0.1) is 25.0 Å². The van der Waals surface area contributed by atoms with Gasteiger partial charge in [0, 0.05) is 29.3 Å². The summed E-state index contributed by atoms with van der Waals surface area (Å²) in [7, 11) is 1.32. The molecule has 2 heterocycles. The number of esters is 1. The van der Waals surface area contributed by atoms with E-state index in [2.05, 4.69) is 20.0 Å². The van der Waals surface area contributed by atoms with Gasteiger partial charge in [-0.05, 0) is 55.2 Å². The smallest absolute Gasteiger partial charge is 0.349 e. The number of carbonyl (C=O) groups is 2. The normalized spacial score (nSPS) is 12.3. The fraction of sp³-hybridized carbons (Fsp3) is 0.261. The van der Waals surface area contributed by atoms with E-state index in [0.717, 1.165) is 36.1 Å². The lowest BCUT2D eigenvalue weighted by atomic mass is 10.2. The molecule has 32 heavy (non-hydrogen) atoms. The maximum Gasteiger partial charge on any atom is 0.349 e. The van der Waals surface area contributed by atoms with E-state index in [0.29, 0.717) is 22.8 Å². The number of hydrogen-bond donors (Lipinski definition) is 1. The lowest BCUT2D eigenvalue weighted by molar-refractivity contribution is -0.113. The number of nitrogens with zero attached hydrogens (tertiary/aromatic N) is 3. The number of hydrogen-bond acceptors (Lipinski definition) is 7. The Kier molecular flexibility index (Phi) is 6.65. The quantitative estimate of drug-likeness (QED) is 0.335. The van der Waals surface area contributed by atoms with Crippen LogP contribution >= 0.6 is 11.8 Å². The van der Waals surface area contributed by atoms with Crippen molar-refractivity contribution >= 4 is 29.3 Å². The van der Waals surface area contributed by atoms with Crippen LogP contribution in [0.4, 0.5) is 5.69 Å². The molecule has 0 spiro atoms. The Labute approximate surface area is 189 Å². The molecule has 0 bridgehead atoms. The highest BCUT2D eigenvalue weighted by molar-refractivity contribution is 8.00. The second-order valence-corrected chi connectivity index (χ2v) is 8.30. The largest absolute Gasteiger partial charge is 0.465 e. The van der Waals surface area contributed by atoms with Crippen LogP contribution in [-0.4, -0.2) is 39.3 Å². The van der Waals surface area contributed by atoms with Crippen LogP contribution in [0, 0.1) is 0 Å². The molecule has 9 heteroatoms. The van der Waals surface area contributed by atoms with Crippen LogP contribution in [0.5, 0.6) is 0 Å². The zero-order valence-corrected chi connectivity index (χ0v) is 18.4. The Morgan fingerprint density at radius 3 is 2.72 bits per heavy atom. The van der Waals surface area contributed by atoms with Crippen molar-refractivity contribution in [2.75, 3.05) is 18.2 Å². The third-order valence-electron chi connectivity index (χ3n) is 5.19. The molecular formula is C23H22N4O4S. The summed E-state index contributed by atoms with van der Waals surface area (Å²) in [5.41, 5.74) is 3.67. The molecule has 0 fully saturated rings. The number of aromatic nitrogens is 3. The summed E-state index contributed by atoms with van der Waals surface area (Å²) in [4.78, 5) is 45.0. The number of amides is 1. The average molecular weight is 451 g/mol. The standard InChI is InChI=1S/C23H22N4O4S/c1-31-22(29)16-7-9-17(10-8-16)25-20(28)14-32-21-18-5-2-6-19(18)27(23(30)26-21)13-15-4-3-11-24-12-15/h3-4,7-12H,2,5-6,13-14H2,1H3,(H,25,28). The molecule has 1 aromatic carbocycles. The van der Waals surface area contributed by atoms with Gasteiger partial charge in [0.1, 0.15) is 5.03 Å². The van der Waals surface area contributed by atoms with Crippen LogP contribution in [0.25, 0.3) is 0 Å². The van der Waals surface area contributed by atoms with Crippen LogP contribution in [0.15, 0.2) is 58.6 Å². The van der Waals surface area contributed by atoms with Gasteiger partial charge in [-0.15, -0.1) is 0 Å². The van der Waals surface area contributed by atoms with Gasteiger partial charge in [-0.25, -0.2) is 9.59 Å². The molecule has 1 aliphatic rings. The molecule has 0 saturated carbocycles. The minimum absolute atomic E-state index is 0.129. The Hall–Kier alpha value is -3.46. The zero-order chi connectivity index (χ0) is 22.5. The Morgan fingerprint density at radius 2 is 2.00 bits per heavy atom. The number of ether oxygens (including phenoxy) is 1. The molecule has 8 nitrogen and oxygen atoms in total. The number of fused-ring (bicyclic) bond motifs is 1. The van der Waals surface area contributed by atoms with Gasteiger partial charge in [-0.1, -0.05) is 17.8 Å². The van der Waals surface area contributed by atoms with Crippen molar-refractivity contribution in [1.29, 1.82) is 0 Å². The summed E-state index contributed by atoms with van der Waals surface area (Å²) in [6.45, 7) is 0.439. The number of benzene rings is 1. The van der Waals surface area contributed by atoms with Crippen LogP contribution in [0.1, 0.15) is 33.6 Å². The van der Waals surface area contributed by atoms with Gasteiger partial charge in [0.2, 0.25) is 5.91 Å². The van der Waals surface area contributed by atoms with E-state index in [1.54, 1.807) is 41.2 Å². The third kappa shape index (κ3) is 4.88. The predicted octanol–water partition coefficient (Wildman–Crippen LogP) is 2.69. The molecule has 1 N–H and O–H groups in total. The summed E-state index contributed by atoms with van der Waals surface area (Å²) in [5.74, 6) is -0.518. The fourth-order valence-corrected chi connectivity index (χ4v) is 4.56. The molecule has 2 aromatic heterocycles. The van der Waals surface area contributed by atoms with Crippen molar-refractivity contribution in [3.63, 3.8) is 0 Å². The summed E-state index contributed by atoms with van der Waals surface area (Å²) < 4.78 is 6.38. The van der Waals surface area contributed by atoms with Crippen molar-refractivity contribution in [3.05, 3.63) is 81.7 Å². The second-order valence-electron chi connectivity index (χ2n) is 7.33. The number of pyridine rings is 1. The lowest BCUT2D eigenvalue weighted by Gasteiger charge is -2.14. The number of carbonyl (C=O) groups excluding carboxylic acids is 2. The summed E-state index contributed by atoms with van der Waals surface area (Å²) in [5, 5.41) is 3.42. The highest BCUT2D eigenvalue weighted by Gasteiger charge is 2.22. The van der Waals surface area contributed by atoms with E-state index in [9.17, 15) is 14.4 Å². The molecular weight excluding hydrogens is 428 g/mol. The lowest BCUT2D eigenvalue weighted by Crippen LogP contribution is -2.28. The molecule has 4 rings (SSSR count). The monoisotopic (exact) mass is 450 g/mol. The predicted molar refractivity (Wildman–Crippen MR) is 121 cm³/mol. The second kappa shape index (κ2) is 9.78. The minimum Gasteiger partial charge on any atom is -0.465 e. The molecule has 0 radical (unpaired) electrons. The van der Waals surface area contributed by atoms with Gasteiger partial charge in [-0.3, -0.25) is 14.3 Å². The van der Waals surface area contributed by atoms with Crippen molar-refractivity contribution in [2.24, 2.45) is 0 Å². The van der Waals surface area contributed by atoms with E-state index in [1.807, 2.05) is 12.1 Å². The first-order chi connectivity index (χ1) is 15.5. The van der Waals surface area contributed by atoms with Crippen molar-refractivity contribution in [2.45, 2.75) is 30.8 Å². The number of anilines is 1. The Balaban J connectivity index is 1.44. The Morgan fingerprint density at radius 1 is 1.19 bits per heavy atom. The van der Waals surface area contributed by atoms with Crippen molar-refractivity contribution < 1.29 is 14.3 Å². The summed E-state index contributed by atoms with van der Waals surface area (Å²) in [6.07, 6.45) is 6.07. The minimum atomic E-state index is -0.434. The third-order valence-corrected chi connectivity index (χ3v) is 6.21. The number of methoxy groups -OCH3 is 1. The number of rotatable bonds is 7. The van der Waals surface area contributed by atoms with Gasteiger partial charge >= 0.3 is 11.7 Å². The van der Waals surface area contributed by atoms with Crippen LogP contribution in [0.2, 0.25) is 0 Å². The summed E-state index contributed by atoms with van der Waals surface area (Å²) in [6, 6.07) is 10.2. The average Bonchev–Trinajstić information content (AvgIpc) is 3.30. The van der Waals surface area contributed by atoms with Crippen LogP contribution in [0.3, 0.4) is 0 Å². The maximum atomic E-state index is 12.7.